The van der Waals surface area contributed by atoms with E-state index in [1.165, 1.54) is 7.11 Å². The van der Waals surface area contributed by atoms with E-state index in [9.17, 15) is 9.59 Å². The Bertz CT molecular complexity index is 824. The quantitative estimate of drug-likeness (QED) is 0.840. The molecule has 0 radical (unpaired) electrons. The van der Waals surface area contributed by atoms with E-state index < -0.39 is 0 Å². The Morgan fingerprint density at radius 2 is 2.00 bits per heavy atom. The van der Waals surface area contributed by atoms with Crippen LogP contribution < -0.4 is 19.7 Å². The molecule has 7 heteroatoms. The molecule has 2 aromatic carbocycles. The van der Waals surface area contributed by atoms with Crippen molar-refractivity contribution in [3.63, 3.8) is 0 Å². The summed E-state index contributed by atoms with van der Waals surface area (Å²) in [5, 5.41) is 2.85. The number of methoxy groups -OCH3 is 2. The van der Waals surface area contributed by atoms with Crippen molar-refractivity contribution >= 4 is 17.5 Å². The summed E-state index contributed by atoms with van der Waals surface area (Å²) in [4.78, 5) is 26.3. The molecule has 0 bridgehead atoms. The molecule has 27 heavy (non-hydrogen) atoms. The number of nitrogens with zero attached hydrogens (tertiary/aromatic N) is 1. The average Bonchev–Trinajstić information content (AvgIpc) is 2.72. The SMILES string of the molecule is COc1cccc(N2CC(CNC(=O)c3ccccc3OC)OCC2=O)c1. The molecule has 1 fully saturated rings. The monoisotopic (exact) mass is 370 g/mol. The number of carbonyl (C=O) groups is 2. The third kappa shape index (κ3) is 4.38. The van der Waals surface area contributed by atoms with Crippen molar-refractivity contribution in [1.29, 1.82) is 0 Å². The van der Waals surface area contributed by atoms with E-state index in [0.717, 1.165) is 5.69 Å². The van der Waals surface area contributed by atoms with Crippen LogP contribution in [0.4, 0.5) is 5.69 Å². The summed E-state index contributed by atoms with van der Waals surface area (Å²) in [6.07, 6.45) is -0.312. The average molecular weight is 370 g/mol. The van der Waals surface area contributed by atoms with Crippen LogP contribution in [-0.4, -0.2) is 51.8 Å². The molecule has 1 aliphatic rings. The molecular weight excluding hydrogens is 348 g/mol. The number of anilines is 1. The van der Waals surface area contributed by atoms with E-state index in [1.54, 1.807) is 42.3 Å². The van der Waals surface area contributed by atoms with E-state index in [4.69, 9.17) is 14.2 Å². The van der Waals surface area contributed by atoms with Gasteiger partial charge in [0, 0.05) is 18.3 Å². The maximum absolute atomic E-state index is 12.4. The van der Waals surface area contributed by atoms with Gasteiger partial charge >= 0.3 is 0 Å². The minimum absolute atomic E-state index is 0.0353. The molecule has 0 saturated carbocycles. The fraction of sp³-hybridized carbons (Fsp3) is 0.300. The lowest BCUT2D eigenvalue weighted by atomic mass is 10.1. The minimum atomic E-state index is -0.312. The standard InChI is InChI=1S/C20H22N2O5/c1-25-15-7-5-6-14(10-15)22-12-16(27-13-19(22)23)11-21-20(24)17-8-3-4-9-18(17)26-2/h3-10,16H,11-13H2,1-2H3,(H,21,24). The van der Waals surface area contributed by atoms with Crippen molar-refractivity contribution in [2.45, 2.75) is 6.10 Å². The highest BCUT2D eigenvalue weighted by molar-refractivity contribution is 5.97. The van der Waals surface area contributed by atoms with Crippen molar-refractivity contribution in [3.8, 4) is 11.5 Å². The minimum Gasteiger partial charge on any atom is -0.497 e. The van der Waals surface area contributed by atoms with Gasteiger partial charge in [-0.1, -0.05) is 18.2 Å². The molecule has 2 amide bonds. The molecule has 1 aliphatic heterocycles. The number of carbonyl (C=O) groups excluding carboxylic acids is 2. The third-order valence-corrected chi connectivity index (χ3v) is 4.34. The van der Waals surface area contributed by atoms with E-state index in [1.807, 2.05) is 18.2 Å². The Balaban J connectivity index is 1.64. The van der Waals surface area contributed by atoms with Gasteiger partial charge in [0.1, 0.15) is 18.1 Å². The van der Waals surface area contributed by atoms with Gasteiger partial charge in [-0.15, -0.1) is 0 Å². The highest BCUT2D eigenvalue weighted by Gasteiger charge is 2.28. The van der Waals surface area contributed by atoms with Crippen LogP contribution in [0, 0.1) is 0 Å². The summed E-state index contributed by atoms with van der Waals surface area (Å²) < 4.78 is 16.0. The van der Waals surface area contributed by atoms with Gasteiger partial charge in [-0.05, 0) is 24.3 Å². The highest BCUT2D eigenvalue weighted by Crippen LogP contribution is 2.23. The Morgan fingerprint density at radius 3 is 2.78 bits per heavy atom. The van der Waals surface area contributed by atoms with Crippen molar-refractivity contribution in [2.75, 3.05) is 38.8 Å². The van der Waals surface area contributed by atoms with E-state index in [0.29, 0.717) is 23.6 Å². The lowest BCUT2D eigenvalue weighted by Gasteiger charge is -2.33. The van der Waals surface area contributed by atoms with Crippen LogP contribution in [0.25, 0.3) is 0 Å². The molecule has 0 spiro atoms. The van der Waals surface area contributed by atoms with Gasteiger partial charge in [-0.25, -0.2) is 0 Å². The Kier molecular flexibility index (Phi) is 5.93. The summed E-state index contributed by atoms with van der Waals surface area (Å²) in [7, 11) is 3.10. The molecule has 1 heterocycles. The number of nitrogens with one attached hydrogen (secondary N) is 1. The van der Waals surface area contributed by atoms with Crippen molar-refractivity contribution in [2.24, 2.45) is 0 Å². The molecule has 142 valence electrons. The summed E-state index contributed by atoms with van der Waals surface area (Å²) in [5.41, 5.74) is 1.19. The van der Waals surface area contributed by atoms with E-state index in [2.05, 4.69) is 5.32 Å². The summed E-state index contributed by atoms with van der Waals surface area (Å²) in [5.74, 6) is 0.803. The van der Waals surface area contributed by atoms with Crippen LogP contribution in [0.3, 0.4) is 0 Å². The number of ether oxygens (including phenoxy) is 3. The molecule has 0 aliphatic carbocycles. The van der Waals surface area contributed by atoms with Crippen LogP contribution in [0.15, 0.2) is 48.5 Å². The predicted octanol–water partition coefficient (Wildman–Crippen LogP) is 1.87. The first kappa shape index (κ1) is 18.7. The summed E-state index contributed by atoms with van der Waals surface area (Å²) >= 11 is 0. The third-order valence-electron chi connectivity index (χ3n) is 4.34. The Morgan fingerprint density at radius 1 is 1.19 bits per heavy atom. The lowest BCUT2D eigenvalue weighted by molar-refractivity contribution is -0.129. The summed E-state index contributed by atoms with van der Waals surface area (Å²) in [6, 6.07) is 14.3. The zero-order chi connectivity index (χ0) is 19.2. The maximum atomic E-state index is 12.4. The number of benzene rings is 2. The number of hydrogen-bond donors (Lipinski definition) is 1. The van der Waals surface area contributed by atoms with Gasteiger partial charge in [0.2, 0.25) is 0 Å². The molecule has 1 unspecified atom stereocenters. The fourth-order valence-corrected chi connectivity index (χ4v) is 2.91. The Hall–Kier alpha value is -3.06. The van der Waals surface area contributed by atoms with Gasteiger partial charge in [0.05, 0.1) is 32.4 Å². The van der Waals surface area contributed by atoms with E-state index in [-0.39, 0.29) is 31.1 Å². The van der Waals surface area contributed by atoms with E-state index >= 15 is 0 Å². The molecule has 7 nitrogen and oxygen atoms in total. The first-order valence-electron chi connectivity index (χ1n) is 8.59. The molecule has 1 saturated heterocycles. The van der Waals surface area contributed by atoms with Crippen LogP contribution in [0.5, 0.6) is 11.5 Å². The van der Waals surface area contributed by atoms with Gasteiger partial charge in [0.15, 0.2) is 0 Å². The lowest BCUT2D eigenvalue weighted by Crippen LogP contribution is -2.50. The number of hydrogen-bond acceptors (Lipinski definition) is 5. The normalized spacial score (nSPS) is 16.7. The fourth-order valence-electron chi connectivity index (χ4n) is 2.91. The largest absolute Gasteiger partial charge is 0.497 e. The number of amides is 2. The molecular formula is C20H22N2O5. The topological polar surface area (TPSA) is 77.1 Å². The van der Waals surface area contributed by atoms with Crippen LogP contribution in [0.1, 0.15) is 10.4 Å². The van der Waals surface area contributed by atoms with Crippen molar-refractivity contribution in [3.05, 3.63) is 54.1 Å². The zero-order valence-electron chi connectivity index (χ0n) is 15.3. The van der Waals surface area contributed by atoms with Crippen LogP contribution >= 0.6 is 0 Å². The highest BCUT2D eigenvalue weighted by atomic mass is 16.5. The van der Waals surface area contributed by atoms with Gasteiger partial charge in [-0.2, -0.15) is 0 Å². The molecule has 1 N–H and O–H groups in total. The number of morpholine rings is 1. The molecule has 3 rings (SSSR count). The number of rotatable bonds is 6. The van der Waals surface area contributed by atoms with Crippen LogP contribution in [-0.2, 0) is 9.53 Å². The first-order valence-corrected chi connectivity index (χ1v) is 8.59. The van der Waals surface area contributed by atoms with Gasteiger partial charge in [0.25, 0.3) is 11.8 Å². The predicted molar refractivity (Wildman–Crippen MR) is 100 cm³/mol. The smallest absolute Gasteiger partial charge is 0.255 e. The number of para-hydroxylation sites is 1. The molecule has 2 aromatic rings. The first-order chi connectivity index (χ1) is 13.1. The zero-order valence-corrected chi connectivity index (χ0v) is 15.3. The molecule has 1 atom stereocenters. The summed E-state index contributed by atoms with van der Waals surface area (Å²) in [6.45, 7) is 0.593. The Labute approximate surface area is 157 Å². The second-order valence-electron chi connectivity index (χ2n) is 6.05. The second-order valence-corrected chi connectivity index (χ2v) is 6.05. The van der Waals surface area contributed by atoms with Crippen molar-refractivity contribution in [1.82, 2.24) is 5.32 Å². The van der Waals surface area contributed by atoms with Crippen molar-refractivity contribution < 1.29 is 23.8 Å². The van der Waals surface area contributed by atoms with Gasteiger partial charge in [-0.3, -0.25) is 9.59 Å². The molecule has 0 aromatic heterocycles. The van der Waals surface area contributed by atoms with Crippen LogP contribution in [0.2, 0.25) is 0 Å². The second kappa shape index (κ2) is 8.55. The maximum Gasteiger partial charge on any atom is 0.255 e. The van der Waals surface area contributed by atoms with Gasteiger partial charge < -0.3 is 24.4 Å².